The van der Waals surface area contributed by atoms with Gasteiger partial charge in [0.1, 0.15) is 0 Å². The molecule has 0 radical (unpaired) electrons. The molecule has 0 saturated heterocycles. The molecule has 1 aromatic rings. The summed E-state index contributed by atoms with van der Waals surface area (Å²) in [6.07, 6.45) is 0. The molecule has 0 bridgehead atoms. The van der Waals surface area contributed by atoms with Gasteiger partial charge in [-0.3, -0.25) is 4.79 Å². The SMILES string of the molecule is CC(=O)SCC#Cc1cccc(C)c1C(=O)O. The van der Waals surface area contributed by atoms with Crippen molar-refractivity contribution in [2.24, 2.45) is 0 Å². The maximum atomic E-state index is 11.1. The Bertz CT molecular complexity index is 509. The predicted molar refractivity (Wildman–Crippen MR) is 68.2 cm³/mol. The van der Waals surface area contributed by atoms with Crippen LogP contribution in [0.4, 0.5) is 0 Å². The minimum Gasteiger partial charge on any atom is -0.478 e. The lowest BCUT2D eigenvalue weighted by Crippen LogP contribution is -2.03. The summed E-state index contributed by atoms with van der Waals surface area (Å²) < 4.78 is 0. The van der Waals surface area contributed by atoms with Gasteiger partial charge >= 0.3 is 5.97 Å². The molecule has 0 fully saturated rings. The number of hydrogen-bond acceptors (Lipinski definition) is 3. The van der Waals surface area contributed by atoms with E-state index in [1.807, 2.05) is 0 Å². The number of carbonyl (C=O) groups is 2. The fourth-order valence-corrected chi connectivity index (χ4v) is 1.67. The van der Waals surface area contributed by atoms with E-state index in [9.17, 15) is 9.59 Å². The molecule has 3 nitrogen and oxygen atoms in total. The molecule has 4 heteroatoms. The molecule has 0 aromatic heterocycles. The molecule has 1 N–H and O–H groups in total. The number of benzene rings is 1. The molecular formula is C13H12O3S. The van der Waals surface area contributed by atoms with Crippen molar-refractivity contribution in [3.63, 3.8) is 0 Å². The summed E-state index contributed by atoms with van der Waals surface area (Å²) in [7, 11) is 0. The zero-order valence-corrected chi connectivity index (χ0v) is 10.4. The highest BCUT2D eigenvalue weighted by atomic mass is 32.2. The molecule has 0 aliphatic heterocycles. The second-order valence-electron chi connectivity index (χ2n) is 3.38. The summed E-state index contributed by atoms with van der Waals surface area (Å²) in [6.45, 7) is 3.21. The molecule has 0 heterocycles. The predicted octanol–water partition coefficient (Wildman–Crippen LogP) is 2.32. The van der Waals surface area contributed by atoms with Gasteiger partial charge in [-0.15, -0.1) is 0 Å². The van der Waals surface area contributed by atoms with E-state index in [1.54, 1.807) is 25.1 Å². The van der Waals surface area contributed by atoms with Crippen LogP contribution in [-0.2, 0) is 4.79 Å². The van der Waals surface area contributed by atoms with Crippen LogP contribution in [0.15, 0.2) is 18.2 Å². The number of aryl methyl sites for hydroxylation is 1. The van der Waals surface area contributed by atoms with Crippen LogP contribution in [0.5, 0.6) is 0 Å². The van der Waals surface area contributed by atoms with Gasteiger partial charge in [-0.1, -0.05) is 35.7 Å². The van der Waals surface area contributed by atoms with Crippen LogP contribution >= 0.6 is 11.8 Å². The summed E-state index contributed by atoms with van der Waals surface area (Å²) in [4.78, 5) is 21.7. The van der Waals surface area contributed by atoms with Gasteiger partial charge in [0.15, 0.2) is 5.12 Å². The zero-order chi connectivity index (χ0) is 12.8. The van der Waals surface area contributed by atoms with Crippen molar-refractivity contribution < 1.29 is 14.7 Å². The minimum absolute atomic E-state index is 0.00185. The van der Waals surface area contributed by atoms with Gasteiger partial charge in [-0.25, -0.2) is 4.79 Å². The van der Waals surface area contributed by atoms with Crippen LogP contribution in [0.1, 0.15) is 28.4 Å². The number of carbonyl (C=O) groups excluding carboxylic acids is 1. The highest BCUT2D eigenvalue weighted by Crippen LogP contribution is 2.13. The Morgan fingerprint density at radius 3 is 2.71 bits per heavy atom. The number of aromatic carboxylic acids is 1. The van der Waals surface area contributed by atoms with Gasteiger partial charge in [0.25, 0.3) is 0 Å². The third-order valence-electron chi connectivity index (χ3n) is 2.06. The summed E-state index contributed by atoms with van der Waals surface area (Å²) in [5.41, 5.74) is 1.40. The summed E-state index contributed by atoms with van der Waals surface area (Å²) >= 11 is 1.11. The summed E-state index contributed by atoms with van der Waals surface area (Å²) in [5, 5.41) is 9.07. The normalized spacial score (nSPS) is 9.29. The average Bonchev–Trinajstić information content (AvgIpc) is 2.23. The van der Waals surface area contributed by atoms with Crippen molar-refractivity contribution in [2.75, 3.05) is 5.75 Å². The third kappa shape index (κ3) is 3.97. The fraction of sp³-hybridized carbons (Fsp3) is 0.231. The van der Waals surface area contributed by atoms with Crippen LogP contribution in [0, 0.1) is 18.8 Å². The molecular weight excluding hydrogens is 236 g/mol. The van der Waals surface area contributed by atoms with E-state index in [4.69, 9.17) is 5.11 Å². The second kappa shape index (κ2) is 6.12. The standard InChI is InChI=1S/C13H12O3S/c1-9-5-3-6-11(12(9)13(15)16)7-4-8-17-10(2)14/h3,5-6H,8H2,1-2H3,(H,15,16). The van der Waals surface area contributed by atoms with E-state index in [1.165, 1.54) is 6.92 Å². The first kappa shape index (κ1) is 13.3. The van der Waals surface area contributed by atoms with Crippen LogP contribution in [-0.4, -0.2) is 21.9 Å². The Hall–Kier alpha value is -1.73. The Morgan fingerprint density at radius 1 is 1.41 bits per heavy atom. The molecule has 17 heavy (non-hydrogen) atoms. The van der Waals surface area contributed by atoms with Gasteiger partial charge in [-0.05, 0) is 18.6 Å². The number of thioether (sulfide) groups is 1. The van der Waals surface area contributed by atoms with E-state index < -0.39 is 5.97 Å². The molecule has 0 aliphatic carbocycles. The maximum absolute atomic E-state index is 11.1. The zero-order valence-electron chi connectivity index (χ0n) is 9.61. The number of carboxylic acids is 1. The number of rotatable bonds is 2. The highest BCUT2D eigenvalue weighted by molar-refractivity contribution is 8.13. The third-order valence-corrected chi connectivity index (χ3v) is 2.75. The van der Waals surface area contributed by atoms with Gasteiger partial charge < -0.3 is 5.11 Å². The van der Waals surface area contributed by atoms with Crippen LogP contribution in [0.3, 0.4) is 0 Å². The lowest BCUT2D eigenvalue weighted by Gasteiger charge is -2.02. The first-order valence-corrected chi connectivity index (χ1v) is 5.96. The molecule has 0 saturated carbocycles. The minimum atomic E-state index is -0.980. The highest BCUT2D eigenvalue weighted by Gasteiger charge is 2.10. The molecule has 0 amide bonds. The second-order valence-corrected chi connectivity index (χ2v) is 4.54. The Morgan fingerprint density at radius 2 is 2.12 bits per heavy atom. The van der Waals surface area contributed by atoms with Crippen LogP contribution in [0.25, 0.3) is 0 Å². The molecule has 0 unspecified atom stereocenters. The number of carboxylic acid groups (broad SMARTS) is 1. The lowest BCUT2D eigenvalue weighted by molar-refractivity contribution is -0.109. The summed E-state index contributed by atoms with van der Waals surface area (Å²) in [6, 6.07) is 5.17. The lowest BCUT2D eigenvalue weighted by atomic mass is 10.0. The molecule has 1 rings (SSSR count). The molecule has 1 aromatic carbocycles. The fourth-order valence-electron chi connectivity index (χ4n) is 1.32. The quantitative estimate of drug-likeness (QED) is 0.816. The first-order valence-electron chi connectivity index (χ1n) is 4.97. The van der Waals surface area contributed by atoms with Crippen molar-refractivity contribution in [1.29, 1.82) is 0 Å². The van der Waals surface area contributed by atoms with E-state index >= 15 is 0 Å². The molecule has 0 atom stereocenters. The Kier molecular flexibility index (Phi) is 4.80. The number of hydrogen-bond donors (Lipinski definition) is 1. The van der Waals surface area contributed by atoms with E-state index in [2.05, 4.69) is 11.8 Å². The first-order chi connectivity index (χ1) is 8.02. The van der Waals surface area contributed by atoms with Gasteiger partial charge in [0.05, 0.1) is 11.3 Å². The average molecular weight is 248 g/mol. The monoisotopic (exact) mass is 248 g/mol. The largest absolute Gasteiger partial charge is 0.478 e. The molecule has 0 aliphatic rings. The van der Waals surface area contributed by atoms with E-state index in [-0.39, 0.29) is 10.7 Å². The van der Waals surface area contributed by atoms with Crippen molar-refractivity contribution in [3.8, 4) is 11.8 Å². The topological polar surface area (TPSA) is 54.4 Å². The van der Waals surface area contributed by atoms with Gasteiger partial charge in [0.2, 0.25) is 0 Å². The van der Waals surface area contributed by atoms with Crippen molar-refractivity contribution in [1.82, 2.24) is 0 Å². The smallest absolute Gasteiger partial charge is 0.337 e. The van der Waals surface area contributed by atoms with Crippen molar-refractivity contribution in [3.05, 3.63) is 34.9 Å². The van der Waals surface area contributed by atoms with E-state index in [0.29, 0.717) is 16.9 Å². The van der Waals surface area contributed by atoms with Crippen molar-refractivity contribution in [2.45, 2.75) is 13.8 Å². The van der Waals surface area contributed by atoms with Crippen LogP contribution in [0.2, 0.25) is 0 Å². The molecule has 88 valence electrons. The molecule has 0 spiro atoms. The Labute approximate surface area is 104 Å². The Balaban J connectivity index is 2.94. The van der Waals surface area contributed by atoms with Gasteiger partial charge in [0, 0.05) is 12.5 Å². The maximum Gasteiger partial charge on any atom is 0.337 e. The van der Waals surface area contributed by atoms with E-state index in [0.717, 1.165) is 11.8 Å². The van der Waals surface area contributed by atoms with Crippen molar-refractivity contribution >= 4 is 22.8 Å². The van der Waals surface area contributed by atoms with Gasteiger partial charge in [-0.2, -0.15) is 0 Å². The summed E-state index contributed by atoms with van der Waals surface area (Å²) in [5.74, 6) is 4.97. The van der Waals surface area contributed by atoms with Crippen LogP contribution < -0.4 is 0 Å².